The van der Waals surface area contributed by atoms with E-state index >= 15 is 0 Å². The lowest BCUT2D eigenvalue weighted by molar-refractivity contribution is -0.0715. The molecule has 0 bridgehead atoms. The van der Waals surface area contributed by atoms with Crippen LogP contribution < -0.4 is 0 Å². The second-order valence-corrected chi connectivity index (χ2v) is 4.71. The summed E-state index contributed by atoms with van der Waals surface area (Å²) in [5.41, 5.74) is 0. The predicted octanol–water partition coefficient (Wildman–Crippen LogP) is 1.42. The Morgan fingerprint density at radius 1 is 1.25 bits per heavy atom. The summed E-state index contributed by atoms with van der Waals surface area (Å²) in [6.45, 7) is 3.52. The Morgan fingerprint density at radius 3 is 2.00 bits per heavy atom. The largest absolute Gasteiger partial charge is 0.509 e. The van der Waals surface area contributed by atoms with Crippen LogP contribution in [0.25, 0.3) is 0 Å². The van der Waals surface area contributed by atoms with E-state index in [1.165, 1.54) is 13.8 Å². The molecule has 0 saturated carbocycles. The molecule has 1 N–H and O–H groups in total. The summed E-state index contributed by atoms with van der Waals surface area (Å²) in [6, 6.07) is 0. The van der Waals surface area contributed by atoms with Crippen molar-refractivity contribution in [1.82, 2.24) is 0 Å². The van der Waals surface area contributed by atoms with E-state index in [0.717, 1.165) is 0 Å². The van der Waals surface area contributed by atoms with Crippen molar-refractivity contribution >= 4 is 16.3 Å². The highest BCUT2D eigenvalue weighted by molar-refractivity contribution is 7.86. The number of hydrogen-bond donors (Lipinski definition) is 1. The minimum atomic E-state index is -5.64. The maximum atomic E-state index is 12.9. The van der Waals surface area contributed by atoms with E-state index in [-0.39, 0.29) is 0 Å². The van der Waals surface area contributed by atoms with Crippen molar-refractivity contribution in [2.75, 3.05) is 0 Å². The van der Waals surface area contributed by atoms with Gasteiger partial charge in [-0.1, -0.05) is 0 Å². The first-order valence-electron chi connectivity index (χ1n) is 4.20. The first kappa shape index (κ1) is 15.0. The summed E-state index contributed by atoms with van der Waals surface area (Å²) < 4.78 is 62.8. The Kier molecular flexibility index (Phi) is 4.62. The van der Waals surface area contributed by atoms with Crippen molar-refractivity contribution in [2.24, 2.45) is 0 Å². The molecule has 96 valence electrons. The number of carbonyl (C=O) groups excluding carboxylic acids is 1. The van der Waals surface area contributed by atoms with E-state index in [1.54, 1.807) is 0 Å². The van der Waals surface area contributed by atoms with Crippen LogP contribution in [0.2, 0.25) is 0 Å². The molecule has 0 aromatic carbocycles. The fourth-order valence-corrected chi connectivity index (χ4v) is 1.11. The highest BCUT2D eigenvalue weighted by Crippen LogP contribution is 2.27. The van der Waals surface area contributed by atoms with Gasteiger partial charge >= 0.3 is 21.5 Å². The molecule has 0 saturated heterocycles. The fraction of sp³-hybridized carbons (Fsp3) is 0.857. The minimum Gasteiger partial charge on any atom is -0.432 e. The second-order valence-electron chi connectivity index (χ2n) is 3.21. The molecule has 1 unspecified atom stereocenters. The molecule has 0 radical (unpaired) electrons. The summed E-state index contributed by atoms with van der Waals surface area (Å²) >= 11 is 0. The van der Waals surface area contributed by atoms with Crippen molar-refractivity contribution in [2.45, 2.75) is 38.2 Å². The number of hydrogen-bond acceptors (Lipinski definition) is 5. The third-order valence-electron chi connectivity index (χ3n) is 1.42. The standard InChI is InChI=1S/C7H12F2O6S/c1-4(2)14-6(10)15-5(3)7(8,9)16(11,12)13/h4-5H,1-3H3,(H,11,12,13). The zero-order valence-electron chi connectivity index (χ0n) is 8.81. The Bertz CT molecular complexity index is 350. The smallest absolute Gasteiger partial charge is 0.432 e. The van der Waals surface area contributed by atoms with Crippen molar-refractivity contribution in [3.05, 3.63) is 0 Å². The molecule has 6 nitrogen and oxygen atoms in total. The predicted molar refractivity (Wildman–Crippen MR) is 48.7 cm³/mol. The van der Waals surface area contributed by atoms with Gasteiger partial charge in [0.1, 0.15) is 0 Å². The Hall–Kier alpha value is -0.960. The second kappa shape index (κ2) is 4.91. The molecule has 0 aliphatic heterocycles. The molecule has 0 fully saturated rings. The molecule has 0 aliphatic rings. The quantitative estimate of drug-likeness (QED) is 0.608. The van der Waals surface area contributed by atoms with Crippen molar-refractivity contribution in [3.63, 3.8) is 0 Å². The molecule has 0 rings (SSSR count). The monoisotopic (exact) mass is 262 g/mol. The molecular weight excluding hydrogens is 250 g/mol. The number of alkyl halides is 2. The van der Waals surface area contributed by atoms with Gasteiger partial charge in [-0.2, -0.15) is 17.2 Å². The highest BCUT2D eigenvalue weighted by Gasteiger charge is 2.52. The summed E-state index contributed by atoms with van der Waals surface area (Å²) in [6.07, 6.45) is -4.39. The van der Waals surface area contributed by atoms with Gasteiger partial charge in [-0.15, -0.1) is 0 Å². The van der Waals surface area contributed by atoms with Crippen molar-refractivity contribution in [3.8, 4) is 0 Å². The van der Waals surface area contributed by atoms with E-state index in [4.69, 9.17) is 4.55 Å². The summed E-state index contributed by atoms with van der Waals surface area (Å²) in [4.78, 5) is 10.8. The van der Waals surface area contributed by atoms with Crippen LogP contribution in [-0.4, -0.2) is 36.6 Å². The van der Waals surface area contributed by atoms with Crippen LogP contribution in [0.1, 0.15) is 20.8 Å². The van der Waals surface area contributed by atoms with Crippen molar-refractivity contribution in [1.29, 1.82) is 0 Å². The highest BCUT2D eigenvalue weighted by atomic mass is 32.2. The normalized spacial score (nSPS) is 14.7. The van der Waals surface area contributed by atoms with Crippen LogP contribution in [0.3, 0.4) is 0 Å². The van der Waals surface area contributed by atoms with Gasteiger partial charge in [0.25, 0.3) is 0 Å². The number of ether oxygens (including phenoxy) is 2. The number of halogens is 2. The summed E-state index contributed by atoms with van der Waals surface area (Å²) in [5, 5.41) is -4.58. The molecule has 0 aromatic heterocycles. The summed E-state index contributed by atoms with van der Waals surface area (Å²) in [5.74, 6) is 0. The third-order valence-corrected chi connectivity index (χ3v) is 2.44. The average molecular weight is 262 g/mol. The third kappa shape index (κ3) is 3.89. The Balaban J connectivity index is 4.59. The molecule has 9 heteroatoms. The zero-order chi connectivity index (χ0) is 13.1. The van der Waals surface area contributed by atoms with Gasteiger partial charge in [0.15, 0.2) is 6.10 Å². The SMILES string of the molecule is CC(C)OC(=O)OC(C)C(F)(F)S(=O)(=O)O. The van der Waals surface area contributed by atoms with Crippen LogP contribution in [0, 0.1) is 0 Å². The van der Waals surface area contributed by atoms with Crippen LogP contribution in [-0.2, 0) is 19.6 Å². The lowest BCUT2D eigenvalue weighted by atomic mass is 10.4. The molecule has 1 atom stereocenters. The van der Waals surface area contributed by atoms with Crippen LogP contribution in [0.5, 0.6) is 0 Å². The lowest BCUT2D eigenvalue weighted by Gasteiger charge is -2.20. The fourth-order valence-electron chi connectivity index (χ4n) is 0.643. The van der Waals surface area contributed by atoms with Gasteiger partial charge in [0.05, 0.1) is 6.10 Å². The van der Waals surface area contributed by atoms with Crippen molar-refractivity contribution < 1.29 is 36.0 Å². The Morgan fingerprint density at radius 2 is 1.69 bits per heavy atom. The molecule has 16 heavy (non-hydrogen) atoms. The topological polar surface area (TPSA) is 89.9 Å². The van der Waals surface area contributed by atoms with Gasteiger partial charge < -0.3 is 9.47 Å². The van der Waals surface area contributed by atoms with E-state index in [0.29, 0.717) is 6.92 Å². The molecule has 0 aromatic rings. The van der Waals surface area contributed by atoms with Gasteiger partial charge in [-0.3, -0.25) is 4.55 Å². The number of carbonyl (C=O) groups is 1. The maximum absolute atomic E-state index is 12.9. The minimum absolute atomic E-state index is 0.598. The van der Waals surface area contributed by atoms with Gasteiger partial charge in [-0.25, -0.2) is 4.79 Å². The number of rotatable bonds is 4. The molecule has 0 heterocycles. The van der Waals surface area contributed by atoms with Gasteiger partial charge in [-0.05, 0) is 20.8 Å². The van der Waals surface area contributed by atoms with Crippen LogP contribution in [0.4, 0.5) is 13.6 Å². The van der Waals surface area contributed by atoms with E-state index in [1.807, 2.05) is 0 Å². The van der Waals surface area contributed by atoms with E-state index in [9.17, 15) is 22.0 Å². The molecule has 0 aliphatic carbocycles. The molecular formula is C7H12F2O6S. The zero-order valence-corrected chi connectivity index (χ0v) is 9.62. The first-order valence-corrected chi connectivity index (χ1v) is 5.64. The maximum Gasteiger partial charge on any atom is 0.509 e. The molecule has 0 amide bonds. The van der Waals surface area contributed by atoms with Crippen LogP contribution in [0.15, 0.2) is 0 Å². The van der Waals surface area contributed by atoms with Gasteiger partial charge in [0, 0.05) is 0 Å². The lowest BCUT2D eigenvalue weighted by Crippen LogP contribution is -2.42. The first-order chi connectivity index (χ1) is 6.98. The van der Waals surface area contributed by atoms with Crippen LogP contribution >= 0.6 is 0 Å². The van der Waals surface area contributed by atoms with E-state index in [2.05, 4.69) is 9.47 Å². The summed E-state index contributed by atoms with van der Waals surface area (Å²) in [7, 11) is -5.64. The van der Waals surface area contributed by atoms with Gasteiger partial charge in [0.2, 0.25) is 0 Å². The Labute approximate surface area is 91.3 Å². The van der Waals surface area contributed by atoms with E-state index < -0.39 is 33.7 Å². The molecule has 0 spiro atoms. The average Bonchev–Trinajstić information content (AvgIpc) is 1.99.